The van der Waals surface area contributed by atoms with Crippen LogP contribution in [0.25, 0.3) is 0 Å². The highest BCUT2D eigenvalue weighted by Crippen LogP contribution is 2.35. The number of hydrogen-bond acceptors (Lipinski definition) is 4. The second-order valence-electron chi connectivity index (χ2n) is 4.63. The third kappa shape index (κ3) is 2.50. The van der Waals surface area contributed by atoms with Gasteiger partial charge in [0.05, 0.1) is 7.11 Å². The van der Waals surface area contributed by atoms with E-state index in [0.717, 1.165) is 5.69 Å². The lowest BCUT2D eigenvalue weighted by atomic mass is 10.1. The molecule has 0 aliphatic carbocycles. The second-order valence-corrected chi connectivity index (χ2v) is 4.63. The fourth-order valence-electron chi connectivity index (χ4n) is 2.16. The molecule has 3 rings (SSSR count). The van der Waals surface area contributed by atoms with Gasteiger partial charge in [-0.25, -0.2) is 0 Å². The van der Waals surface area contributed by atoms with Crippen molar-refractivity contribution < 1.29 is 19.0 Å². The van der Waals surface area contributed by atoms with E-state index < -0.39 is 0 Å². The molecule has 1 heterocycles. The monoisotopic (exact) mass is 285 g/mol. The third-order valence-electron chi connectivity index (χ3n) is 3.36. The minimum Gasteiger partial charge on any atom is -0.497 e. The minimum atomic E-state index is -0.118. The zero-order valence-electron chi connectivity index (χ0n) is 11.8. The van der Waals surface area contributed by atoms with Crippen LogP contribution in [0, 0.1) is 0 Å². The molecular formula is C16H15NO4. The van der Waals surface area contributed by atoms with Crippen LogP contribution in [0.5, 0.6) is 17.2 Å². The number of fused-ring (bicyclic) bond motifs is 1. The van der Waals surface area contributed by atoms with Gasteiger partial charge >= 0.3 is 0 Å². The van der Waals surface area contributed by atoms with E-state index in [2.05, 4.69) is 0 Å². The molecular weight excluding hydrogens is 270 g/mol. The van der Waals surface area contributed by atoms with Gasteiger partial charge in [-0.05, 0) is 30.3 Å². The largest absolute Gasteiger partial charge is 0.497 e. The Morgan fingerprint density at radius 2 is 1.95 bits per heavy atom. The lowest BCUT2D eigenvalue weighted by molar-refractivity contribution is 0.0992. The van der Waals surface area contributed by atoms with Crippen LogP contribution in [0.4, 0.5) is 5.69 Å². The zero-order valence-corrected chi connectivity index (χ0v) is 11.8. The van der Waals surface area contributed by atoms with Gasteiger partial charge in [0.15, 0.2) is 11.5 Å². The highest BCUT2D eigenvalue weighted by atomic mass is 16.7. The summed E-state index contributed by atoms with van der Waals surface area (Å²) in [5.41, 5.74) is 1.31. The summed E-state index contributed by atoms with van der Waals surface area (Å²) in [5.74, 6) is 1.88. The summed E-state index contributed by atoms with van der Waals surface area (Å²) in [4.78, 5) is 14.1. The van der Waals surface area contributed by atoms with E-state index in [4.69, 9.17) is 14.2 Å². The van der Waals surface area contributed by atoms with Crippen molar-refractivity contribution in [3.63, 3.8) is 0 Å². The minimum absolute atomic E-state index is 0.118. The maximum atomic E-state index is 12.5. The zero-order chi connectivity index (χ0) is 14.8. The molecule has 108 valence electrons. The van der Waals surface area contributed by atoms with Crippen molar-refractivity contribution in [2.24, 2.45) is 0 Å². The second kappa shape index (κ2) is 5.36. The normalized spacial score (nSPS) is 12.1. The van der Waals surface area contributed by atoms with Crippen LogP contribution in [0.15, 0.2) is 42.5 Å². The number of anilines is 1. The summed E-state index contributed by atoms with van der Waals surface area (Å²) in [6, 6.07) is 12.5. The Kier molecular flexibility index (Phi) is 3.39. The van der Waals surface area contributed by atoms with E-state index in [-0.39, 0.29) is 12.7 Å². The maximum Gasteiger partial charge on any atom is 0.258 e. The van der Waals surface area contributed by atoms with Crippen molar-refractivity contribution in [1.29, 1.82) is 0 Å². The van der Waals surface area contributed by atoms with Gasteiger partial charge in [0.2, 0.25) is 6.79 Å². The molecule has 0 N–H and O–H groups in total. The van der Waals surface area contributed by atoms with Crippen LogP contribution in [-0.4, -0.2) is 26.9 Å². The molecule has 0 radical (unpaired) electrons. The fraction of sp³-hybridized carbons (Fsp3) is 0.188. The number of carbonyl (C=O) groups is 1. The molecule has 0 unspecified atom stereocenters. The molecule has 21 heavy (non-hydrogen) atoms. The molecule has 5 nitrogen and oxygen atoms in total. The highest BCUT2D eigenvalue weighted by molar-refractivity contribution is 6.06. The fourth-order valence-corrected chi connectivity index (χ4v) is 2.16. The van der Waals surface area contributed by atoms with Crippen LogP contribution >= 0.6 is 0 Å². The first-order valence-electron chi connectivity index (χ1n) is 6.51. The van der Waals surface area contributed by atoms with E-state index in [0.29, 0.717) is 22.8 Å². The lowest BCUT2D eigenvalue weighted by Crippen LogP contribution is -2.26. The molecule has 2 aromatic carbocycles. The van der Waals surface area contributed by atoms with Gasteiger partial charge in [0, 0.05) is 24.4 Å². The Morgan fingerprint density at radius 3 is 2.76 bits per heavy atom. The maximum absolute atomic E-state index is 12.5. The molecule has 2 aromatic rings. The number of benzene rings is 2. The van der Waals surface area contributed by atoms with Crippen LogP contribution in [-0.2, 0) is 0 Å². The molecule has 0 spiro atoms. The molecule has 5 heteroatoms. The molecule has 0 saturated heterocycles. The lowest BCUT2D eigenvalue weighted by Gasteiger charge is -2.18. The number of hydrogen-bond donors (Lipinski definition) is 0. The van der Waals surface area contributed by atoms with Gasteiger partial charge in [-0.15, -0.1) is 0 Å². The number of nitrogens with zero attached hydrogens (tertiary/aromatic N) is 1. The quantitative estimate of drug-likeness (QED) is 0.870. The van der Waals surface area contributed by atoms with Crippen LogP contribution in [0.2, 0.25) is 0 Å². The first kappa shape index (κ1) is 13.3. The van der Waals surface area contributed by atoms with Gasteiger partial charge in [-0.1, -0.05) is 6.07 Å². The standard InChI is InChI=1S/C16H15NO4/c1-17(12-6-7-14-15(9-12)21-10-20-14)16(18)11-4-3-5-13(8-11)19-2/h3-9H,10H2,1-2H3. The highest BCUT2D eigenvalue weighted by Gasteiger charge is 2.18. The number of amides is 1. The Balaban J connectivity index is 1.87. The molecule has 0 fully saturated rings. The van der Waals surface area contributed by atoms with Crippen molar-refractivity contribution in [1.82, 2.24) is 0 Å². The molecule has 0 aromatic heterocycles. The summed E-state index contributed by atoms with van der Waals surface area (Å²) in [6.45, 7) is 0.215. The number of ether oxygens (including phenoxy) is 3. The van der Waals surface area contributed by atoms with Gasteiger partial charge in [-0.3, -0.25) is 4.79 Å². The predicted molar refractivity (Wildman–Crippen MR) is 78.3 cm³/mol. The molecule has 1 amide bonds. The number of carbonyl (C=O) groups excluding carboxylic acids is 1. The Morgan fingerprint density at radius 1 is 1.14 bits per heavy atom. The summed E-state index contributed by atoms with van der Waals surface area (Å²) in [7, 11) is 3.30. The van der Waals surface area contributed by atoms with Crippen molar-refractivity contribution in [2.45, 2.75) is 0 Å². The summed E-state index contributed by atoms with van der Waals surface area (Å²) in [6.07, 6.45) is 0. The predicted octanol–water partition coefficient (Wildman–Crippen LogP) is 2.70. The van der Waals surface area contributed by atoms with Crippen molar-refractivity contribution in [3.05, 3.63) is 48.0 Å². The van der Waals surface area contributed by atoms with Crippen molar-refractivity contribution >= 4 is 11.6 Å². The average Bonchev–Trinajstić information content (AvgIpc) is 3.01. The van der Waals surface area contributed by atoms with Crippen LogP contribution < -0.4 is 19.1 Å². The Hall–Kier alpha value is -2.69. The molecule has 1 aliphatic rings. The third-order valence-corrected chi connectivity index (χ3v) is 3.36. The van der Waals surface area contributed by atoms with Crippen molar-refractivity contribution in [3.8, 4) is 17.2 Å². The van der Waals surface area contributed by atoms with E-state index in [1.807, 2.05) is 6.07 Å². The van der Waals surface area contributed by atoms with E-state index in [1.165, 1.54) is 0 Å². The van der Waals surface area contributed by atoms with Gasteiger partial charge in [0.25, 0.3) is 5.91 Å². The van der Waals surface area contributed by atoms with E-state index >= 15 is 0 Å². The van der Waals surface area contributed by atoms with Gasteiger partial charge in [0.1, 0.15) is 5.75 Å². The first-order valence-corrected chi connectivity index (χ1v) is 6.51. The van der Waals surface area contributed by atoms with Gasteiger partial charge < -0.3 is 19.1 Å². The molecule has 0 atom stereocenters. The topological polar surface area (TPSA) is 48.0 Å². The summed E-state index contributed by atoms with van der Waals surface area (Å²) in [5, 5.41) is 0. The summed E-state index contributed by atoms with van der Waals surface area (Å²) >= 11 is 0. The van der Waals surface area contributed by atoms with E-state index in [1.54, 1.807) is 55.5 Å². The van der Waals surface area contributed by atoms with Crippen LogP contribution in [0.1, 0.15) is 10.4 Å². The first-order chi connectivity index (χ1) is 10.2. The molecule has 0 saturated carbocycles. The molecule has 0 bridgehead atoms. The number of methoxy groups -OCH3 is 1. The smallest absolute Gasteiger partial charge is 0.258 e. The van der Waals surface area contributed by atoms with E-state index in [9.17, 15) is 4.79 Å². The molecule has 1 aliphatic heterocycles. The van der Waals surface area contributed by atoms with Gasteiger partial charge in [-0.2, -0.15) is 0 Å². The van der Waals surface area contributed by atoms with Crippen LogP contribution in [0.3, 0.4) is 0 Å². The Bertz CT molecular complexity index is 684. The average molecular weight is 285 g/mol. The summed E-state index contributed by atoms with van der Waals surface area (Å²) < 4.78 is 15.7. The Labute approximate surface area is 122 Å². The van der Waals surface area contributed by atoms with Crippen molar-refractivity contribution in [2.75, 3.05) is 25.9 Å². The number of rotatable bonds is 3. The SMILES string of the molecule is COc1cccc(C(=O)N(C)c2ccc3c(c2)OCO3)c1.